The molecule has 2 unspecified atom stereocenters. The van der Waals surface area contributed by atoms with Crippen LogP contribution in [0.4, 0.5) is 0 Å². The summed E-state index contributed by atoms with van der Waals surface area (Å²) < 4.78 is 9.17. The fraction of sp³-hybridized carbons (Fsp3) is 0.800. The van der Waals surface area contributed by atoms with Gasteiger partial charge in [-0.25, -0.2) is 0 Å². The minimum atomic E-state index is -0.774. The number of hydrogen-bond donors (Lipinski definition) is 1. The van der Waals surface area contributed by atoms with Crippen molar-refractivity contribution in [1.29, 1.82) is 0 Å². The van der Waals surface area contributed by atoms with E-state index in [1.54, 1.807) is 0 Å². The van der Waals surface area contributed by atoms with Gasteiger partial charge in [-0.15, -0.1) is 0 Å². The Labute approximate surface area is 104 Å². The summed E-state index contributed by atoms with van der Waals surface area (Å²) in [5.41, 5.74) is 5.60. The van der Waals surface area contributed by atoms with E-state index in [9.17, 15) is 9.59 Å². The molecule has 2 N–H and O–H groups in total. The van der Waals surface area contributed by atoms with Gasteiger partial charge in [0.15, 0.2) is 0 Å². The smallest absolute Gasteiger partial charge is 0.322 e. The molecule has 94 valence electrons. The summed E-state index contributed by atoms with van der Waals surface area (Å²) in [4.78, 5) is 22.5. The lowest BCUT2D eigenvalue weighted by Gasteiger charge is -2.17. The Morgan fingerprint density at radius 2 is 1.81 bits per heavy atom. The molecule has 0 saturated carbocycles. The van der Waals surface area contributed by atoms with Crippen molar-refractivity contribution in [1.82, 2.24) is 0 Å². The third-order valence-electron chi connectivity index (χ3n) is 2.26. The number of ether oxygens (including phenoxy) is 2. The summed E-state index contributed by atoms with van der Waals surface area (Å²) in [6, 6.07) is -0.774. The van der Waals surface area contributed by atoms with Crippen molar-refractivity contribution in [2.45, 2.75) is 25.3 Å². The minimum absolute atomic E-state index is 0.256. The molecule has 6 heteroatoms. The molecular formula is C10H18BrNO4. The van der Waals surface area contributed by atoms with Crippen molar-refractivity contribution in [2.75, 3.05) is 19.5 Å². The second-order valence-corrected chi connectivity index (χ2v) is 4.21. The summed E-state index contributed by atoms with van der Waals surface area (Å²) in [6.07, 6.45) is 1.72. The number of carbonyl (C=O) groups is 2. The van der Waals surface area contributed by atoms with E-state index < -0.39 is 12.0 Å². The van der Waals surface area contributed by atoms with Crippen LogP contribution in [0, 0.1) is 5.92 Å². The predicted molar refractivity (Wildman–Crippen MR) is 63.1 cm³/mol. The first kappa shape index (κ1) is 15.4. The van der Waals surface area contributed by atoms with Crippen molar-refractivity contribution in [3.05, 3.63) is 0 Å². The van der Waals surface area contributed by atoms with Crippen LogP contribution in [0.25, 0.3) is 0 Å². The number of methoxy groups -OCH3 is 2. The van der Waals surface area contributed by atoms with Gasteiger partial charge in [-0.1, -0.05) is 15.9 Å². The van der Waals surface area contributed by atoms with Gasteiger partial charge in [-0.05, 0) is 19.3 Å². The molecule has 0 fully saturated rings. The van der Waals surface area contributed by atoms with E-state index in [1.165, 1.54) is 14.2 Å². The van der Waals surface area contributed by atoms with Crippen molar-refractivity contribution < 1.29 is 19.1 Å². The number of halogens is 1. The molecule has 16 heavy (non-hydrogen) atoms. The van der Waals surface area contributed by atoms with Crippen LogP contribution in [-0.4, -0.2) is 37.5 Å². The van der Waals surface area contributed by atoms with Gasteiger partial charge in [0.2, 0.25) is 0 Å². The maximum atomic E-state index is 11.4. The van der Waals surface area contributed by atoms with Crippen LogP contribution in [0.5, 0.6) is 0 Å². The average Bonchev–Trinajstić information content (AvgIpc) is 2.31. The van der Waals surface area contributed by atoms with Crippen LogP contribution >= 0.6 is 15.9 Å². The van der Waals surface area contributed by atoms with Crippen LogP contribution < -0.4 is 5.73 Å². The Kier molecular flexibility index (Phi) is 8.19. The van der Waals surface area contributed by atoms with Crippen molar-refractivity contribution >= 4 is 27.9 Å². The molecule has 0 bridgehead atoms. The first-order valence-corrected chi connectivity index (χ1v) is 6.16. The molecule has 0 spiro atoms. The summed E-state index contributed by atoms with van der Waals surface area (Å²) in [7, 11) is 2.60. The molecule has 0 aromatic carbocycles. The van der Waals surface area contributed by atoms with Gasteiger partial charge >= 0.3 is 11.9 Å². The summed E-state index contributed by atoms with van der Waals surface area (Å²) in [5, 5.41) is 0.800. The topological polar surface area (TPSA) is 78.6 Å². The molecule has 0 aromatic heterocycles. The summed E-state index contributed by atoms with van der Waals surface area (Å²) in [5.74, 6) is -1.19. The molecule has 0 aliphatic heterocycles. The molecule has 0 heterocycles. The lowest BCUT2D eigenvalue weighted by atomic mass is 9.96. The van der Waals surface area contributed by atoms with E-state index in [1.807, 2.05) is 0 Å². The van der Waals surface area contributed by atoms with E-state index in [4.69, 9.17) is 5.73 Å². The van der Waals surface area contributed by atoms with E-state index >= 15 is 0 Å². The lowest BCUT2D eigenvalue weighted by molar-refractivity contribution is -0.147. The van der Waals surface area contributed by atoms with Crippen LogP contribution in [0.15, 0.2) is 0 Å². The van der Waals surface area contributed by atoms with Crippen LogP contribution in [0.2, 0.25) is 0 Å². The minimum Gasteiger partial charge on any atom is -0.469 e. The predicted octanol–water partition coefficient (Wildman–Crippen LogP) is 0.841. The van der Waals surface area contributed by atoms with E-state index in [2.05, 4.69) is 25.4 Å². The molecule has 0 aromatic rings. The van der Waals surface area contributed by atoms with Crippen molar-refractivity contribution in [3.63, 3.8) is 0 Å². The fourth-order valence-corrected chi connectivity index (χ4v) is 1.70. The van der Waals surface area contributed by atoms with E-state index in [0.717, 1.165) is 11.8 Å². The monoisotopic (exact) mass is 295 g/mol. The van der Waals surface area contributed by atoms with E-state index in [-0.39, 0.29) is 18.3 Å². The fourth-order valence-electron chi connectivity index (χ4n) is 1.38. The first-order chi connectivity index (χ1) is 7.56. The highest BCUT2D eigenvalue weighted by molar-refractivity contribution is 9.09. The number of nitrogens with two attached hydrogens (primary N) is 1. The summed E-state index contributed by atoms with van der Waals surface area (Å²) >= 11 is 3.28. The zero-order valence-electron chi connectivity index (χ0n) is 9.57. The normalized spacial score (nSPS) is 14.0. The standard InChI is InChI=1S/C10H18BrNO4/c1-15-9(13)7(4-3-5-11)6-8(12)10(14)16-2/h7-8H,3-6,12H2,1-2H3. The second-order valence-electron chi connectivity index (χ2n) is 3.42. The Hall–Kier alpha value is -0.620. The van der Waals surface area contributed by atoms with Crippen LogP contribution in [0.3, 0.4) is 0 Å². The SMILES string of the molecule is COC(=O)C(N)CC(CCCBr)C(=O)OC. The van der Waals surface area contributed by atoms with Gasteiger partial charge < -0.3 is 15.2 Å². The summed E-state index contributed by atoms with van der Waals surface area (Å²) in [6.45, 7) is 0. The Morgan fingerprint density at radius 3 is 2.25 bits per heavy atom. The maximum Gasteiger partial charge on any atom is 0.322 e. The highest BCUT2D eigenvalue weighted by Gasteiger charge is 2.25. The second kappa shape index (κ2) is 8.52. The Bertz CT molecular complexity index is 235. The van der Waals surface area contributed by atoms with Gasteiger partial charge in [0, 0.05) is 5.33 Å². The van der Waals surface area contributed by atoms with Crippen LogP contribution in [0.1, 0.15) is 19.3 Å². The molecule has 2 atom stereocenters. The molecule has 0 rings (SSSR count). The molecule has 0 amide bonds. The number of alkyl halides is 1. The zero-order chi connectivity index (χ0) is 12.6. The number of carbonyl (C=O) groups excluding carboxylic acids is 2. The number of rotatable bonds is 7. The molecule has 0 aliphatic rings. The lowest BCUT2D eigenvalue weighted by Crippen LogP contribution is -2.35. The van der Waals surface area contributed by atoms with Crippen molar-refractivity contribution in [3.8, 4) is 0 Å². The maximum absolute atomic E-state index is 11.4. The third-order valence-corrected chi connectivity index (χ3v) is 2.82. The molecular weight excluding hydrogens is 278 g/mol. The van der Waals surface area contributed by atoms with Gasteiger partial charge in [-0.3, -0.25) is 9.59 Å². The quantitative estimate of drug-likeness (QED) is 0.556. The van der Waals surface area contributed by atoms with Gasteiger partial charge in [-0.2, -0.15) is 0 Å². The average molecular weight is 296 g/mol. The molecule has 5 nitrogen and oxygen atoms in total. The zero-order valence-corrected chi connectivity index (χ0v) is 11.2. The third kappa shape index (κ3) is 5.46. The molecule has 0 radical (unpaired) electrons. The van der Waals surface area contributed by atoms with Crippen molar-refractivity contribution in [2.24, 2.45) is 11.7 Å². The first-order valence-electron chi connectivity index (χ1n) is 5.04. The highest BCUT2D eigenvalue weighted by Crippen LogP contribution is 2.16. The Morgan fingerprint density at radius 1 is 1.25 bits per heavy atom. The molecule has 0 saturated heterocycles. The van der Waals surface area contributed by atoms with Gasteiger partial charge in [0.1, 0.15) is 6.04 Å². The largest absolute Gasteiger partial charge is 0.469 e. The van der Waals surface area contributed by atoms with E-state index in [0.29, 0.717) is 6.42 Å². The highest BCUT2D eigenvalue weighted by atomic mass is 79.9. The number of esters is 2. The van der Waals surface area contributed by atoms with Crippen LogP contribution in [-0.2, 0) is 19.1 Å². The molecule has 0 aliphatic carbocycles. The van der Waals surface area contributed by atoms with Gasteiger partial charge in [0.05, 0.1) is 20.1 Å². The van der Waals surface area contributed by atoms with Gasteiger partial charge in [0.25, 0.3) is 0 Å². The number of hydrogen-bond acceptors (Lipinski definition) is 5. The Balaban J connectivity index is 4.29.